The van der Waals surface area contributed by atoms with Crippen LogP contribution in [0.15, 0.2) is 36.7 Å². The van der Waals surface area contributed by atoms with E-state index in [-0.39, 0.29) is 0 Å². The van der Waals surface area contributed by atoms with E-state index in [0.717, 1.165) is 50.4 Å². The molecule has 0 saturated heterocycles. The molecule has 0 fully saturated rings. The topological polar surface area (TPSA) is 53.5 Å². The highest BCUT2D eigenvalue weighted by Crippen LogP contribution is 2.20. The summed E-state index contributed by atoms with van der Waals surface area (Å²) in [6.07, 6.45) is 16.7. The van der Waals surface area contributed by atoms with E-state index in [0.29, 0.717) is 18.2 Å². The maximum absolute atomic E-state index is 5.83. The van der Waals surface area contributed by atoms with Crippen molar-refractivity contribution in [3.05, 3.63) is 36.7 Å². The van der Waals surface area contributed by atoms with E-state index in [2.05, 4.69) is 23.8 Å². The van der Waals surface area contributed by atoms with Crippen LogP contribution < -0.4 is 9.47 Å². The summed E-state index contributed by atoms with van der Waals surface area (Å²) in [4.78, 5) is 8.89. The minimum Gasteiger partial charge on any atom is -0.494 e. The van der Waals surface area contributed by atoms with Crippen molar-refractivity contribution in [3.8, 4) is 22.9 Å². The SMILES string of the molecule is CCCCCCCOc1ccc(-c2ncc(OCCCCOCCCCCC)cn2)cc1. The fraction of sp³-hybridized carbons (Fsp3) is 0.630. The smallest absolute Gasteiger partial charge is 0.159 e. The second kappa shape index (κ2) is 17.4. The van der Waals surface area contributed by atoms with Crippen molar-refractivity contribution in [2.24, 2.45) is 0 Å². The molecule has 0 aliphatic heterocycles. The summed E-state index contributed by atoms with van der Waals surface area (Å²) in [5.74, 6) is 2.30. The third-order valence-corrected chi connectivity index (χ3v) is 5.35. The Bertz CT molecular complexity index is 689. The van der Waals surface area contributed by atoms with Gasteiger partial charge in [-0.3, -0.25) is 0 Å². The molecule has 178 valence electrons. The lowest BCUT2D eigenvalue weighted by Crippen LogP contribution is -2.02. The van der Waals surface area contributed by atoms with Gasteiger partial charge in [-0.15, -0.1) is 0 Å². The molecule has 2 rings (SSSR count). The highest BCUT2D eigenvalue weighted by molar-refractivity contribution is 5.56. The van der Waals surface area contributed by atoms with E-state index in [4.69, 9.17) is 14.2 Å². The lowest BCUT2D eigenvalue weighted by atomic mass is 10.2. The standard InChI is InChI=1S/C27H42N2O3/c1-3-5-7-9-11-20-31-25-16-14-24(15-17-25)27-28-22-26(23-29-27)32-21-13-12-19-30-18-10-8-6-4-2/h14-17,22-23H,3-13,18-21H2,1-2H3. The van der Waals surface area contributed by atoms with Crippen LogP contribution in [0.5, 0.6) is 11.5 Å². The third-order valence-electron chi connectivity index (χ3n) is 5.35. The number of rotatable bonds is 19. The maximum Gasteiger partial charge on any atom is 0.159 e. The molecule has 2 aromatic rings. The van der Waals surface area contributed by atoms with Crippen LogP contribution in [0.4, 0.5) is 0 Å². The number of ether oxygens (including phenoxy) is 3. The van der Waals surface area contributed by atoms with Gasteiger partial charge in [0.25, 0.3) is 0 Å². The summed E-state index contributed by atoms with van der Waals surface area (Å²) >= 11 is 0. The van der Waals surface area contributed by atoms with Crippen molar-refractivity contribution in [1.29, 1.82) is 0 Å². The lowest BCUT2D eigenvalue weighted by molar-refractivity contribution is 0.122. The van der Waals surface area contributed by atoms with Crippen LogP contribution in [0.2, 0.25) is 0 Å². The highest BCUT2D eigenvalue weighted by atomic mass is 16.5. The molecule has 5 heteroatoms. The van der Waals surface area contributed by atoms with Gasteiger partial charge in [-0.2, -0.15) is 0 Å². The van der Waals surface area contributed by atoms with Crippen LogP contribution in [-0.4, -0.2) is 36.4 Å². The van der Waals surface area contributed by atoms with Crippen molar-refractivity contribution in [2.45, 2.75) is 84.5 Å². The first kappa shape index (κ1) is 26.1. The number of unbranched alkanes of at least 4 members (excludes halogenated alkanes) is 8. The second-order valence-corrected chi connectivity index (χ2v) is 8.26. The average Bonchev–Trinajstić information content (AvgIpc) is 2.83. The van der Waals surface area contributed by atoms with E-state index in [1.807, 2.05) is 24.3 Å². The number of hydrogen-bond donors (Lipinski definition) is 0. The Morgan fingerprint density at radius 2 is 1.06 bits per heavy atom. The number of aromatic nitrogens is 2. The predicted molar refractivity (Wildman–Crippen MR) is 131 cm³/mol. The summed E-state index contributed by atoms with van der Waals surface area (Å²) in [6.45, 7) is 7.58. The average molecular weight is 443 g/mol. The summed E-state index contributed by atoms with van der Waals surface area (Å²) in [6, 6.07) is 7.98. The fourth-order valence-corrected chi connectivity index (χ4v) is 3.36. The minimum absolute atomic E-state index is 0.659. The van der Waals surface area contributed by atoms with E-state index in [9.17, 15) is 0 Å². The molecule has 1 heterocycles. The van der Waals surface area contributed by atoms with Gasteiger partial charge in [0, 0.05) is 18.8 Å². The minimum atomic E-state index is 0.659. The largest absolute Gasteiger partial charge is 0.494 e. The van der Waals surface area contributed by atoms with E-state index >= 15 is 0 Å². The molecule has 0 bridgehead atoms. The molecule has 0 spiro atoms. The normalized spacial score (nSPS) is 10.9. The van der Waals surface area contributed by atoms with Crippen LogP contribution in [0.25, 0.3) is 11.4 Å². The Labute approximate surface area is 194 Å². The van der Waals surface area contributed by atoms with Gasteiger partial charge in [0.15, 0.2) is 11.6 Å². The highest BCUT2D eigenvalue weighted by Gasteiger charge is 2.03. The van der Waals surface area contributed by atoms with Crippen LogP contribution in [-0.2, 0) is 4.74 Å². The van der Waals surface area contributed by atoms with Crippen molar-refractivity contribution >= 4 is 0 Å². The van der Waals surface area contributed by atoms with E-state index < -0.39 is 0 Å². The van der Waals surface area contributed by atoms with E-state index in [1.165, 1.54) is 51.4 Å². The molecule has 0 aliphatic rings. The summed E-state index contributed by atoms with van der Waals surface area (Å²) in [7, 11) is 0. The van der Waals surface area contributed by atoms with Crippen LogP contribution >= 0.6 is 0 Å². The molecular formula is C27H42N2O3. The van der Waals surface area contributed by atoms with Crippen LogP contribution in [0, 0.1) is 0 Å². The molecule has 0 atom stereocenters. The summed E-state index contributed by atoms with van der Waals surface area (Å²) in [5, 5.41) is 0. The van der Waals surface area contributed by atoms with Gasteiger partial charge in [-0.05, 0) is 49.9 Å². The first-order valence-corrected chi connectivity index (χ1v) is 12.6. The molecule has 5 nitrogen and oxygen atoms in total. The molecule has 0 N–H and O–H groups in total. The molecule has 1 aromatic heterocycles. The van der Waals surface area contributed by atoms with Crippen molar-refractivity contribution in [1.82, 2.24) is 9.97 Å². The van der Waals surface area contributed by atoms with Crippen molar-refractivity contribution < 1.29 is 14.2 Å². The van der Waals surface area contributed by atoms with Gasteiger partial charge in [0.2, 0.25) is 0 Å². The maximum atomic E-state index is 5.83. The van der Waals surface area contributed by atoms with Gasteiger partial charge >= 0.3 is 0 Å². The fourth-order valence-electron chi connectivity index (χ4n) is 3.36. The first-order valence-electron chi connectivity index (χ1n) is 12.6. The van der Waals surface area contributed by atoms with Gasteiger partial charge in [0.05, 0.1) is 25.6 Å². The summed E-state index contributed by atoms with van der Waals surface area (Å²) in [5.41, 5.74) is 0.975. The molecular weight excluding hydrogens is 400 g/mol. The Hall–Kier alpha value is -2.14. The zero-order chi connectivity index (χ0) is 22.7. The third kappa shape index (κ3) is 11.5. The monoisotopic (exact) mass is 442 g/mol. The molecule has 0 unspecified atom stereocenters. The Kier molecular flexibility index (Phi) is 14.2. The first-order chi connectivity index (χ1) is 15.8. The van der Waals surface area contributed by atoms with E-state index in [1.54, 1.807) is 12.4 Å². The Balaban J connectivity index is 1.59. The molecule has 0 amide bonds. The molecule has 0 radical (unpaired) electrons. The summed E-state index contributed by atoms with van der Waals surface area (Å²) < 4.78 is 17.2. The van der Waals surface area contributed by atoms with Crippen molar-refractivity contribution in [3.63, 3.8) is 0 Å². The Morgan fingerprint density at radius 3 is 1.72 bits per heavy atom. The number of hydrogen-bond acceptors (Lipinski definition) is 5. The van der Waals surface area contributed by atoms with Crippen LogP contribution in [0.1, 0.15) is 84.5 Å². The van der Waals surface area contributed by atoms with Gasteiger partial charge in [0.1, 0.15) is 5.75 Å². The molecule has 32 heavy (non-hydrogen) atoms. The molecule has 1 aromatic carbocycles. The van der Waals surface area contributed by atoms with Crippen LogP contribution in [0.3, 0.4) is 0 Å². The molecule has 0 aliphatic carbocycles. The van der Waals surface area contributed by atoms with Gasteiger partial charge in [-0.1, -0.05) is 58.8 Å². The lowest BCUT2D eigenvalue weighted by Gasteiger charge is -2.08. The zero-order valence-electron chi connectivity index (χ0n) is 20.2. The van der Waals surface area contributed by atoms with Gasteiger partial charge in [-0.25, -0.2) is 9.97 Å². The number of benzene rings is 1. The zero-order valence-corrected chi connectivity index (χ0v) is 20.2. The number of nitrogens with zero attached hydrogens (tertiary/aromatic N) is 2. The van der Waals surface area contributed by atoms with Gasteiger partial charge < -0.3 is 14.2 Å². The Morgan fingerprint density at radius 1 is 0.562 bits per heavy atom. The van der Waals surface area contributed by atoms with Crippen molar-refractivity contribution in [2.75, 3.05) is 26.4 Å². The second-order valence-electron chi connectivity index (χ2n) is 8.26. The predicted octanol–water partition coefficient (Wildman–Crippen LogP) is 7.25. The molecule has 0 saturated carbocycles. The quantitative estimate of drug-likeness (QED) is 0.214.